The molecule has 0 aromatic heterocycles. The lowest BCUT2D eigenvalue weighted by Gasteiger charge is -2.34. The van der Waals surface area contributed by atoms with Gasteiger partial charge in [0.05, 0.1) is 0 Å². The van der Waals surface area contributed by atoms with Crippen molar-refractivity contribution in [1.29, 1.82) is 0 Å². The van der Waals surface area contributed by atoms with E-state index < -0.39 is 28.9 Å². The van der Waals surface area contributed by atoms with Gasteiger partial charge in [-0.25, -0.2) is 13.2 Å². The fourth-order valence-electron chi connectivity index (χ4n) is 3.13. The van der Waals surface area contributed by atoms with Crippen LogP contribution in [0.15, 0.2) is 36.4 Å². The average Bonchev–Trinajstić information content (AvgIpc) is 2.74. The van der Waals surface area contributed by atoms with Gasteiger partial charge in [0.15, 0.2) is 0 Å². The number of likely N-dealkylation sites (N-methyl/N-ethyl adjacent to an activating group) is 1. The molecule has 3 rings (SSSR count). The van der Waals surface area contributed by atoms with E-state index in [9.17, 15) is 22.8 Å². The minimum atomic E-state index is -1.30. The molecular formula is C22H26F3N3O2. The van der Waals surface area contributed by atoms with Crippen LogP contribution in [-0.4, -0.2) is 54.3 Å². The number of hydrogen-bond acceptors (Lipinski definition) is 3. The lowest BCUT2D eigenvalue weighted by molar-refractivity contribution is 0.0643. The Morgan fingerprint density at radius 3 is 2.13 bits per heavy atom. The van der Waals surface area contributed by atoms with Gasteiger partial charge in [-0.1, -0.05) is 26.8 Å². The van der Waals surface area contributed by atoms with E-state index >= 15 is 0 Å². The van der Waals surface area contributed by atoms with Crippen molar-refractivity contribution in [3.8, 4) is 0 Å². The van der Waals surface area contributed by atoms with Gasteiger partial charge in [-0.3, -0.25) is 9.59 Å². The zero-order valence-electron chi connectivity index (χ0n) is 17.3. The topological polar surface area (TPSA) is 52.6 Å². The van der Waals surface area contributed by atoms with Crippen molar-refractivity contribution in [3.05, 3.63) is 65.0 Å². The molecule has 0 saturated carbocycles. The van der Waals surface area contributed by atoms with Gasteiger partial charge in [0.1, 0.15) is 23.0 Å². The molecule has 0 unspecified atom stereocenters. The Morgan fingerprint density at radius 2 is 1.57 bits per heavy atom. The van der Waals surface area contributed by atoms with Crippen molar-refractivity contribution in [2.75, 3.05) is 38.0 Å². The van der Waals surface area contributed by atoms with Crippen LogP contribution in [0.1, 0.15) is 41.5 Å². The van der Waals surface area contributed by atoms with Crippen LogP contribution in [0.2, 0.25) is 0 Å². The molecule has 5 nitrogen and oxygen atoms in total. The van der Waals surface area contributed by atoms with Crippen LogP contribution in [0.25, 0.3) is 0 Å². The molecule has 0 spiro atoms. The maximum Gasteiger partial charge on any atom is 0.261 e. The summed E-state index contributed by atoms with van der Waals surface area (Å²) in [5.41, 5.74) is -0.303. The molecule has 0 atom stereocenters. The van der Waals surface area contributed by atoms with Crippen molar-refractivity contribution >= 4 is 17.5 Å². The Morgan fingerprint density at radius 1 is 0.967 bits per heavy atom. The van der Waals surface area contributed by atoms with Crippen LogP contribution < -0.4 is 5.32 Å². The highest BCUT2D eigenvalue weighted by Gasteiger charge is 2.22. The van der Waals surface area contributed by atoms with Gasteiger partial charge in [-0.2, -0.15) is 0 Å². The van der Waals surface area contributed by atoms with Gasteiger partial charge in [0.25, 0.3) is 11.8 Å². The zero-order valence-corrected chi connectivity index (χ0v) is 17.3. The molecule has 2 aromatic carbocycles. The minimum absolute atomic E-state index is 0.175. The van der Waals surface area contributed by atoms with Gasteiger partial charge in [-0.15, -0.1) is 0 Å². The Hall–Kier alpha value is -2.87. The van der Waals surface area contributed by atoms with Crippen molar-refractivity contribution in [2.24, 2.45) is 0 Å². The summed E-state index contributed by atoms with van der Waals surface area (Å²) < 4.78 is 40.5. The van der Waals surface area contributed by atoms with E-state index in [1.54, 1.807) is 17.0 Å². The third-order valence-corrected chi connectivity index (χ3v) is 4.71. The predicted molar refractivity (Wildman–Crippen MR) is 110 cm³/mol. The van der Waals surface area contributed by atoms with Gasteiger partial charge in [0.2, 0.25) is 0 Å². The van der Waals surface area contributed by atoms with Crippen LogP contribution in [0.5, 0.6) is 0 Å². The minimum Gasteiger partial charge on any atom is -0.336 e. The van der Waals surface area contributed by atoms with Crippen LogP contribution in [0.4, 0.5) is 18.9 Å². The molecule has 8 heteroatoms. The van der Waals surface area contributed by atoms with E-state index in [0.717, 1.165) is 19.6 Å². The van der Waals surface area contributed by atoms with Crippen molar-refractivity contribution < 1.29 is 22.8 Å². The number of halogens is 3. The van der Waals surface area contributed by atoms with Crippen LogP contribution in [0, 0.1) is 17.5 Å². The number of rotatable bonds is 4. The van der Waals surface area contributed by atoms with Crippen molar-refractivity contribution in [1.82, 2.24) is 9.80 Å². The molecule has 0 aliphatic carbocycles. The molecule has 1 heterocycles. The molecule has 1 fully saturated rings. The molecule has 0 bridgehead atoms. The summed E-state index contributed by atoms with van der Waals surface area (Å²) in [6, 6.07) is 7.02. The normalized spacial score (nSPS) is 14.0. The molecule has 30 heavy (non-hydrogen) atoms. The lowest BCUT2D eigenvalue weighted by Crippen LogP contribution is -2.48. The Kier molecular flexibility index (Phi) is 8.41. The fraction of sp³-hybridized carbons (Fsp3) is 0.364. The Bertz CT molecular complexity index is 874. The van der Waals surface area contributed by atoms with E-state index in [-0.39, 0.29) is 11.6 Å². The summed E-state index contributed by atoms with van der Waals surface area (Å²) in [5, 5.41) is 2.35. The predicted octanol–water partition coefficient (Wildman–Crippen LogP) is 4.16. The molecule has 1 aliphatic rings. The number of hydrogen-bond donors (Lipinski definition) is 1. The summed E-state index contributed by atoms with van der Waals surface area (Å²) in [7, 11) is 0. The molecule has 162 valence electrons. The third-order valence-electron chi connectivity index (χ3n) is 4.71. The number of piperazine rings is 1. The first kappa shape index (κ1) is 23.4. The zero-order chi connectivity index (χ0) is 22.3. The monoisotopic (exact) mass is 421 g/mol. The molecule has 1 saturated heterocycles. The number of carbonyl (C=O) groups is 2. The summed E-state index contributed by atoms with van der Waals surface area (Å²) in [6.45, 7) is 9.80. The summed E-state index contributed by atoms with van der Waals surface area (Å²) >= 11 is 0. The van der Waals surface area contributed by atoms with Crippen LogP contribution >= 0.6 is 0 Å². The number of anilines is 1. The number of nitrogens with zero attached hydrogens (tertiary/aromatic N) is 2. The highest BCUT2D eigenvalue weighted by molar-refractivity contribution is 6.05. The molecule has 1 aliphatic heterocycles. The second-order valence-electron chi connectivity index (χ2n) is 6.51. The number of amides is 2. The van der Waals surface area contributed by atoms with Crippen molar-refractivity contribution in [2.45, 2.75) is 20.8 Å². The second kappa shape index (κ2) is 10.8. The largest absolute Gasteiger partial charge is 0.336 e. The van der Waals surface area contributed by atoms with E-state index in [4.69, 9.17) is 0 Å². The number of benzene rings is 2. The SMILES string of the molecule is CC.CCN1CCN(C(=O)c2cccc(NC(=O)c3c(F)cc(F)cc3F)c2)CC1. The maximum atomic E-state index is 13.8. The Balaban J connectivity index is 0.00000155. The standard InChI is InChI=1S/C20H20F3N3O2.C2H6/c1-2-25-6-8-26(9-7-25)20(28)13-4-3-5-15(10-13)24-19(27)18-16(22)11-14(21)12-17(18)23;1-2/h3-5,10-12H,2,6-9H2,1H3,(H,24,27);1-2H3. The van der Waals surface area contributed by atoms with E-state index in [0.29, 0.717) is 30.8 Å². The quantitative estimate of drug-likeness (QED) is 0.807. The number of nitrogens with one attached hydrogen (secondary N) is 1. The molecule has 0 radical (unpaired) electrons. The second-order valence-corrected chi connectivity index (χ2v) is 6.51. The first-order valence-corrected chi connectivity index (χ1v) is 9.96. The maximum absolute atomic E-state index is 13.8. The lowest BCUT2D eigenvalue weighted by atomic mass is 10.1. The highest BCUT2D eigenvalue weighted by Crippen LogP contribution is 2.19. The summed E-state index contributed by atoms with van der Waals surface area (Å²) in [5.74, 6) is -4.93. The molecule has 2 amide bonds. The van der Waals surface area contributed by atoms with Gasteiger partial charge < -0.3 is 15.1 Å². The van der Waals surface area contributed by atoms with Crippen molar-refractivity contribution in [3.63, 3.8) is 0 Å². The smallest absolute Gasteiger partial charge is 0.261 e. The van der Waals surface area contributed by atoms with E-state index in [1.165, 1.54) is 12.1 Å². The fourth-order valence-corrected chi connectivity index (χ4v) is 3.13. The molecule has 1 N–H and O–H groups in total. The van der Waals surface area contributed by atoms with Gasteiger partial charge in [0, 0.05) is 49.6 Å². The van der Waals surface area contributed by atoms with Gasteiger partial charge in [-0.05, 0) is 24.7 Å². The highest BCUT2D eigenvalue weighted by atomic mass is 19.1. The van der Waals surface area contributed by atoms with E-state index in [2.05, 4.69) is 17.1 Å². The number of carbonyl (C=O) groups excluding carboxylic acids is 2. The Labute approximate surface area is 174 Å². The molecular weight excluding hydrogens is 395 g/mol. The van der Waals surface area contributed by atoms with Crippen LogP contribution in [0.3, 0.4) is 0 Å². The summed E-state index contributed by atoms with van der Waals surface area (Å²) in [6.07, 6.45) is 0. The van der Waals surface area contributed by atoms with Gasteiger partial charge >= 0.3 is 0 Å². The average molecular weight is 421 g/mol. The summed E-state index contributed by atoms with van der Waals surface area (Å²) in [4.78, 5) is 28.9. The first-order valence-electron chi connectivity index (χ1n) is 9.96. The van der Waals surface area contributed by atoms with Crippen LogP contribution in [-0.2, 0) is 0 Å². The molecule has 2 aromatic rings. The third kappa shape index (κ3) is 5.60. The first-order chi connectivity index (χ1) is 14.4. The van der Waals surface area contributed by atoms with E-state index in [1.807, 2.05) is 13.8 Å².